The Kier molecular flexibility index (Phi) is 3.29. The molecule has 0 radical (unpaired) electrons. The van der Waals surface area contributed by atoms with Gasteiger partial charge in [0.25, 0.3) is 0 Å². The molecule has 1 atom stereocenters. The zero-order valence-corrected chi connectivity index (χ0v) is 9.48. The largest absolute Gasteiger partial charge is 0.481 e. The second-order valence-corrected chi connectivity index (χ2v) is 5.20. The quantitative estimate of drug-likeness (QED) is 0.774. The molecular weight excluding hydrogens is 190 g/mol. The number of hydrogen-bond acceptors (Lipinski definition) is 2. The van der Waals surface area contributed by atoms with Crippen LogP contribution in [0.25, 0.3) is 0 Å². The summed E-state index contributed by atoms with van der Waals surface area (Å²) in [5.41, 5.74) is 0. The Bertz CT molecular complexity index is 230. The minimum atomic E-state index is -0.547. The molecule has 15 heavy (non-hydrogen) atoms. The first kappa shape index (κ1) is 10.9. The molecule has 1 N–H and O–H groups in total. The zero-order valence-electron chi connectivity index (χ0n) is 9.48. The van der Waals surface area contributed by atoms with Crippen LogP contribution >= 0.6 is 0 Å². The SMILES string of the molecule is CN1CCC(C(C(=O)O)C2CCC2)CC1. The standard InChI is InChI=1S/C12H21NO2/c1-13-7-5-10(6-8-13)11(12(14)15)9-3-2-4-9/h9-11H,2-8H2,1H3,(H,14,15). The van der Waals surface area contributed by atoms with Crippen LogP contribution in [0.2, 0.25) is 0 Å². The highest BCUT2D eigenvalue weighted by molar-refractivity contribution is 5.71. The van der Waals surface area contributed by atoms with Gasteiger partial charge in [0.05, 0.1) is 5.92 Å². The Morgan fingerprint density at radius 2 is 1.73 bits per heavy atom. The summed E-state index contributed by atoms with van der Waals surface area (Å²) < 4.78 is 0. The number of aliphatic carboxylic acids is 1. The average molecular weight is 211 g/mol. The first-order chi connectivity index (χ1) is 7.18. The molecule has 0 spiro atoms. The van der Waals surface area contributed by atoms with E-state index in [-0.39, 0.29) is 5.92 Å². The predicted molar refractivity (Wildman–Crippen MR) is 58.7 cm³/mol. The summed E-state index contributed by atoms with van der Waals surface area (Å²) in [6, 6.07) is 0. The topological polar surface area (TPSA) is 40.5 Å². The number of carboxylic acids is 1. The minimum absolute atomic E-state index is 0.0487. The fraction of sp³-hybridized carbons (Fsp3) is 0.917. The first-order valence-corrected chi connectivity index (χ1v) is 6.10. The molecule has 0 aromatic rings. The van der Waals surface area contributed by atoms with Gasteiger partial charge in [-0.2, -0.15) is 0 Å². The molecule has 1 unspecified atom stereocenters. The van der Waals surface area contributed by atoms with Gasteiger partial charge in [-0.25, -0.2) is 0 Å². The number of rotatable bonds is 3. The molecule has 1 aliphatic carbocycles. The monoisotopic (exact) mass is 211 g/mol. The number of piperidine rings is 1. The normalized spacial score (nSPS) is 27.3. The summed E-state index contributed by atoms with van der Waals surface area (Å²) in [6.07, 6.45) is 5.67. The lowest BCUT2D eigenvalue weighted by molar-refractivity contribution is -0.148. The number of likely N-dealkylation sites (tertiary alicyclic amines) is 1. The summed E-state index contributed by atoms with van der Waals surface area (Å²) in [5.74, 6) is 0.321. The van der Waals surface area contributed by atoms with E-state index < -0.39 is 5.97 Å². The fourth-order valence-electron chi connectivity index (χ4n) is 2.97. The maximum atomic E-state index is 11.3. The van der Waals surface area contributed by atoms with Crippen molar-refractivity contribution < 1.29 is 9.90 Å². The fourth-order valence-corrected chi connectivity index (χ4v) is 2.97. The van der Waals surface area contributed by atoms with Gasteiger partial charge in [0.2, 0.25) is 0 Å². The molecule has 0 aromatic heterocycles. The Morgan fingerprint density at radius 1 is 1.20 bits per heavy atom. The van der Waals surface area contributed by atoms with Gasteiger partial charge in [0.1, 0.15) is 0 Å². The van der Waals surface area contributed by atoms with Crippen molar-refractivity contribution in [2.75, 3.05) is 20.1 Å². The van der Waals surface area contributed by atoms with E-state index in [9.17, 15) is 9.90 Å². The van der Waals surface area contributed by atoms with Crippen molar-refractivity contribution >= 4 is 5.97 Å². The molecule has 2 aliphatic rings. The molecule has 0 bridgehead atoms. The van der Waals surface area contributed by atoms with Crippen LogP contribution in [0.15, 0.2) is 0 Å². The van der Waals surface area contributed by atoms with Gasteiger partial charge in [0, 0.05) is 0 Å². The second kappa shape index (κ2) is 4.52. The van der Waals surface area contributed by atoms with E-state index in [1.807, 2.05) is 0 Å². The molecule has 0 amide bonds. The molecule has 1 saturated carbocycles. The zero-order chi connectivity index (χ0) is 10.8. The molecular formula is C12H21NO2. The van der Waals surface area contributed by atoms with E-state index in [1.165, 1.54) is 6.42 Å². The van der Waals surface area contributed by atoms with Crippen molar-refractivity contribution in [3.63, 3.8) is 0 Å². The van der Waals surface area contributed by atoms with E-state index in [4.69, 9.17) is 0 Å². The first-order valence-electron chi connectivity index (χ1n) is 6.10. The molecule has 1 saturated heterocycles. The lowest BCUT2D eigenvalue weighted by Crippen LogP contribution is -2.40. The molecule has 3 heteroatoms. The van der Waals surface area contributed by atoms with Gasteiger partial charge in [-0.15, -0.1) is 0 Å². The number of nitrogens with zero attached hydrogens (tertiary/aromatic N) is 1. The van der Waals surface area contributed by atoms with Crippen LogP contribution in [-0.4, -0.2) is 36.1 Å². The van der Waals surface area contributed by atoms with Gasteiger partial charge in [-0.1, -0.05) is 6.42 Å². The van der Waals surface area contributed by atoms with Crippen molar-refractivity contribution in [3.8, 4) is 0 Å². The average Bonchev–Trinajstić information content (AvgIpc) is 2.12. The molecule has 0 aromatic carbocycles. The van der Waals surface area contributed by atoms with Gasteiger partial charge < -0.3 is 10.0 Å². The van der Waals surface area contributed by atoms with E-state index in [0.29, 0.717) is 11.8 Å². The van der Waals surface area contributed by atoms with E-state index in [2.05, 4.69) is 11.9 Å². The maximum Gasteiger partial charge on any atom is 0.307 e. The number of carboxylic acid groups (broad SMARTS) is 1. The molecule has 1 aliphatic heterocycles. The second-order valence-electron chi connectivity index (χ2n) is 5.20. The van der Waals surface area contributed by atoms with Crippen LogP contribution in [0.1, 0.15) is 32.1 Å². The Morgan fingerprint density at radius 3 is 2.13 bits per heavy atom. The summed E-state index contributed by atoms with van der Waals surface area (Å²) in [6.45, 7) is 2.14. The highest BCUT2D eigenvalue weighted by atomic mass is 16.4. The predicted octanol–water partition coefficient (Wildman–Crippen LogP) is 1.83. The van der Waals surface area contributed by atoms with Crippen LogP contribution < -0.4 is 0 Å². The number of hydrogen-bond donors (Lipinski definition) is 1. The Balaban J connectivity index is 1.95. The highest BCUT2D eigenvalue weighted by Gasteiger charge is 2.39. The summed E-state index contributed by atoms with van der Waals surface area (Å²) in [4.78, 5) is 13.6. The molecule has 86 valence electrons. The van der Waals surface area contributed by atoms with Crippen molar-refractivity contribution in [3.05, 3.63) is 0 Å². The van der Waals surface area contributed by atoms with Gasteiger partial charge in [-0.3, -0.25) is 4.79 Å². The Hall–Kier alpha value is -0.570. The maximum absolute atomic E-state index is 11.3. The summed E-state index contributed by atoms with van der Waals surface area (Å²) >= 11 is 0. The van der Waals surface area contributed by atoms with Crippen LogP contribution in [0.5, 0.6) is 0 Å². The molecule has 2 fully saturated rings. The minimum Gasteiger partial charge on any atom is -0.481 e. The summed E-state index contributed by atoms with van der Waals surface area (Å²) in [5, 5.41) is 9.31. The van der Waals surface area contributed by atoms with Crippen LogP contribution in [0.3, 0.4) is 0 Å². The van der Waals surface area contributed by atoms with E-state index >= 15 is 0 Å². The third kappa shape index (κ3) is 2.33. The van der Waals surface area contributed by atoms with Crippen LogP contribution in [-0.2, 0) is 4.79 Å². The van der Waals surface area contributed by atoms with Crippen molar-refractivity contribution in [2.24, 2.45) is 17.8 Å². The highest BCUT2D eigenvalue weighted by Crippen LogP contribution is 2.40. The molecule has 2 rings (SSSR count). The number of carbonyl (C=O) groups is 1. The van der Waals surface area contributed by atoms with Gasteiger partial charge in [0.15, 0.2) is 0 Å². The summed E-state index contributed by atoms with van der Waals surface area (Å²) in [7, 11) is 2.12. The van der Waals surface area contributed by atoms with E-state index in [1.54, 1.807) is 0 Å². The van der Waals surface area contributed by atoms with E-state index in [0.717, 1.165) is 38.8 Å². The van der Waals surface area contributed by atoms with Crippen molar-refractivity contribution in [2.45, 2.75) is 32.1 Å². The van der Waals surface area contributed by atoms with Crippen molar-refractivity contribution in [1.29, 1.82) is 0 Å². The third-order valence-corrected chi connectivity index (χ3v) is 4.21. The third-order valence-electron chi connectivity index (χ3n) is 4.21. The lowest BCUT2D eigenvalue weighted by Gasteiger charge is -2.39. The van der Waals surface area contributed by atoms with Gasteiger partial charge >= 0.3 is 5.97 Å². The van der Waals surface area contributed by atoms with Gasteiger partial charge in [-0.05, 0) is 57.7 Å². The lowest BCUT2D eigenvalue weighted by atomic mass is 9.68. The molecule has 1 heterocycles. The van der Waals surface area contributed by atoms with Crippen molar-refractivity contribution in [1.82, 2.24) is 4.90 Å². The Labute approximate surface area is 91.5 Å². The molecule has 3 nitrogen and oxygen atoms in total. The smallest absolute Gasteiger partial charge is 0.307 e. The van der Waals surface area contributed by atoms with Crippen LogP contribution in [0.4, 0.5) is 0 Å². The van der Waals surface area contributed by atoms with Crippen LogP contribution in [0, 0.1) is 17.8 Å².